The maximum atomic E-state index is 11.3. The summed E-state index contributed by atoms with van der Waals surface area (Å²) in [6.07, 6.45) is 0.982. The lowest BCUT2D eigenvalue weighted by molar-refractivity contribution is 0.600. The van der Waals surface area contributed by atoms with Crippen molar-refractivity contribution in [3.05, 3.63) is 52.4 Å². The first-order chi connectivity index (χ1) is 11.4. The number of guanidine groups is 1. The van der Waals surface area contributed by atoms with Crippen LogP contribution in [0.15, 0.2) is 45.6 Å². The third kappa shape index (κ3) is 6.57. The van der Waals surface area contributed by atoms with Gasteiger partial charge in [0, 0.05) is 18.5 Å². The van der Waals surface area contributed by atoms with Gasteiger partial charge in [-0.1, -0.05) is 31.2 Å². The number of aryl methyl sites for hydroxylation is 1. The van der Waals surface area contributed by atoms with Crippen LogP contribution in [-0.4, -0.2) is 21.4 Å². The van der Waals surface area contributed by atoms with E-state index in [4.69, 9.17) is 5.14 Å². The molecular weight excluding hydrogens is 471 g/mol. The van der Waals surface area contributed by atoms with Crippen LogP contribution in [0.3, 0.4) is 0 Å². The van der Waals surface area contributed by atoms with Crippen molar-refractivity contribution in [3.8, 4) is 0 Å². The van der Waals surface area contributed by atoms with Gasteiger partial charge in [0.2, 0.25) is 10.0 Å². The Morgan fingerprint density at radius 3 is 2.32 bits per heavy atom. The van der Waals surface area contributed by atoms with Crippen LogP contribution in [0.1, 0.15) is 22.9 Å². The molecule has 4 N–H and O–H groups in total. The molecule has 138 valence electrons. The topological polar surface area (TPSA) is 96.6 Å². The van der Waals surface area contributed by atoms with Crippen LogP contribution in [-0.2, 0) is 29.5 Å². The summed E-state index contributed by atoms with van der Waals surface area (Å²) >= 11 is 1.15. The number of aliphatic imine (C=N–C) groups is 1. The van der Waals surface area contributed by atoms with Crippen LogP contribution in [0.4, 0.5) is 0 Å². The zero-order valence-electron chi connectivity index (χ0n) is 14.2. The first-order valence-corrected chi connectivity index (χ1v) is 9.93. The van der Waals surface area contributed by atoms with Gasteiger partial charge in [0.05, 0.1) is 6.54 Å². The van der Waals surface area contributed by atoms with Gasteiger partial charge in [-0.15, -0.1) is 35.3 Å². The lowest BCUT2D eigenvalue weighted by atomic mass is 10.1. The molecule has 0 bridgehead atoms. The summed E-state index contributed by atoms with van der Waals surface area (Å²) < 4.78 is 22.7. The van der Waals surface area contributed by atoms with E-state index in [-0.39, 0.29) is 28.2 Å². The van der Waals surface area contributed by atoms with E-state index in [0.717, 1.165) is 22.6 Å². The number of benzene rings is 1. The summed E-state index contributed by atoms with van der Waals surface area (Å²) in [4.78, 5) is 5.06. The number of rotatable bonds is 6. The smallest absolute Gasteiger partial charge is 0.247 e. The number of nitrogens with two attached hydrogens (primary N) is 1. The minimum Gasteiger partial charge on any atom is -0.352 e. The summed E-state index contributed by atoms with van der Waals surface area (Å²) in [6, 6.07) is 11.5. The molecule has 2 aromatic rings. The maximum Gasteiger partial charge on any atom is 0.247 e. The first-order valence-electron chi connectivity index (χ1n) is 7.57. The Morgan fingerprint density at radius 2 is 1.76 bits per heavy atom. The van der Waals surface area contributed by atoms with Gasteiger partial charge in [0.1, 0.15) is 4.21 Å². The molecule has 6 nitrogen and oxygen atoms in total. The molecule has 0 amide bonds. The van der Waals surface area contributed by atoms with Gasteiger partial charge in [-0.2, -0.15) is 0 Å². The SMILES string of the molecule is CCc1ccccc1CNC(=NC)NCc1ccc(S(N)(=O)=O)s1.I. The van der Waals surface area contributed by atoms with Crippen molar-refractivity contribution in [1.82, 2.24) is 10.6 Å². The molecule has 1 heterocycles. The molecule has 0 aliphatic carbocycles. The second-order valence-corrected chi connectivity index (χ2v) is 8.12. The van der Waals surface area contributed by atoms with Gasteiger partial charge in [0.15, 0.2) is 5.96 Å². The van der Waals surface area contributed by atoms with Gasteiger partial charge in [-0.05, 0) is 29.7 Å². The number of hydrogen-bond donors (Lipinski definition) is 3. The summed E-state index contributed by atoms with van der Waals surface area (Å²) in [7, 11) is -1.94. The summed E-state index contributed by atoms with van der Waals surface area (Å²) in [5.41, 5.74) is 2.53. The average Bonchev–Trinajstić information content (AvgIpc) is 3.04. The molecule has 25 heavy (non-hydrogen) atoms. The predicted molar refractivity (Wildman–Crippen MR) is 114 cm³/mol. The van der Waals surface area contributed by atoms with Gasteiger partial charge < -0.3 is 10.6 Å². The number of thiophene rings is 1. The lowest BCUT2D eigenvalue weighted by Gasteiger charge is -2.13. The van der Waals surface area contributed by atoms with Crippen molar-refractivity contribution in [2.45, 2.75) is 30.6 Å². The lowest BCUT2D eigenvalue weighted by Crippen LogP contribution is -2.36. The van der Waals surface area contributed by atoms with Crippen LogP contribution >= 0.6 is 35.3 Å². The Labute approximate surface area is 170 Å². The van der Waals surface area contributed by atoms with E-state index in [9.17, 15) is 8.42 Å². The summed E-state index contributed by atoms with van der Waals surface area (Å²) in [6.45, 7) is 3.29. The highest BCUT2D eigenvalue weighted by atomic mass is 127. The highest BCUT2D eigenvalue weighted by Gasteiger charge is 2.11. The molecule has 1 aromatic carbocycles. The molecule has 0 spiro atoms. The minimum atomic E-state index is -3.64. The molecule has 0 saturated heterocycles. The fourth-order valence-electron chi connectivity index (χ4n) is 2.25. The van der Waals surface area contributed by atoms with Crippen LogP contribution in [0, 0.1) is 0 Å². The molecule has 1 aromatic heterocycles. The monoisotopic (exact) mass is 494 g/mol. The Balaban J connectivity index is 0.00000312. The second kappa shape index (κ2) is 10.1. The van der Waals surface area contributed by atoms with E-state index >= 15 is 0 Å². The fraction of sp³-hybridized carbons (Fsp3) is 0.312. The molecule has 0 saturated carbocycles. The van der Waals surface area contributed by atoms with Crippen LogP contribution in [0.5, 0.6) is 0 Å². The first kappa shape index (κ1) is 21.9. The maximum absolute atomic E-state index is 11.3. The van der Waals surface area contributed by atoms with Crippen molar-refractivity contribution in [2.75, 3.05) is 7.05 Å². The van der Waals surface area contributed by atoms with E-state index in [2.05, 4.69) is 34.7 Å². The van der Waals surface area contributed by atoms with E-state index in [0.29, 0.717) is 19.0 Å². The minimum absolute atomic E-state index is 0. The third-order valence-electron chi connectivity index (χ3n) is 3.52. The van der Waals surface area contributed by atoms with E-state index < -0.39 is 10.0 Å². The Morgan fingerprint density at radius 1 is 1.12 bits per heavy atom. The van der Waals surface area contributed by atoms with Gasteiger partial charge in [0.25, 0.3) is 0 Å². The number of nitrogens with zero attached hydrogens (tertiary/aromatic N) is 1. The standard InChI is InChI=1S/C16H22N4O2S2.HI/c1-3-12-6-4-5-7-13(12)10-19-16(18-2)20-11-14-8-9-15(23-14)24(17,21)22;/h4-9H,3,10-11H2,1-2H3,(H2,17,21,22)(H2,18,19,20);1H. The number of hydrogen-bond acceptors (Lipinski definition) is 4. The van der Waals surface area contributed by atoms with E-state index in [1.807, 2.05) is 12.1 Å². The molecule has 0 atom stereocenters. The molecule has 2 rings (SSSR count). The highest BCUT2D eigenvalue weighted by Crippen LogP contribution is 2.19. The summed E-state index contributed by atoms with van der Waals surface area (Å²) in [5, 5.41) is 11.6. The van der Waals surface area contributed by atoms with E-state index in [1.54, 1.807) is 13.1 Å². The normalized spacial score (nSPS) is 11.7. The second-order valence-electron chi connectivity index (χ2n) is 5.17. The van der Waals surface area contributed by atoms with Crippen molar-refractivity contribution >= 4 is 51.3 Å². The Bertz CT molecular complexity index is 819. The summed E-state index contributed by atoms with van der Waals surface area (Å²) in [5.74, 6) is 0.659. The van der Waals surface area contributed by atoms with Crippen molar-refractivity contribution in [1.29, 1.82) is 0 Å². The largest absolute Gasteiger partial charge is 0.352 e. The van der Waals surface area contributed by atoms with Crippen LogP contribution in [0.2, 0.25) is 0 Å². The molecule has 0 aliphatic rings. The van der Waals surface area contributed by atoms with Crippen molar-refractivity contribution < 1.29 is 8.42 Å². The fourth-order valence-corrected chi connectivity index (χ4v) is 3.97. The molecule has 0 aliphatic heterocycles. The van der Waals surface area contributed by atoms with Gasteiger partial charge in [-0.3, -0.25) is 4.99 Å². The molecule has 0 fully saturated rings. The average molecular weight is 494 g/mol. The van der Waals surface area contributed by atoms with Crippen molar-refractivity contribution in [3.63, 3.8) is 0 Å². The van der Waals surface area contributed by atoms with E-state index in [1.165, 1.54) is 17.2 Å². The van der Waals surface area contributed by atoms with Crippen LogP contribution in [0.25, 0.3) is 0 Å². The zero-order chi connectivity index (χ0) is 17.6. The molecule has 9 heteroatoms. The quantitative estimate of drug-likeness (QED) is 0.327. The number of sulfonamides is 1. The van der Waals surface area contributed by atoms with Crippen molar-refractivity contribution in [2.24, 2.45) is 10.1 Å². The van der Waals surface area contributed by atoms with Gasteiger partial charge in [-0.25, -0.2) is 13.6 Å². The number of nitrogens with one attached hydrogen (secondary N) is 2. The molecule has 0 radical (unpaired) electrons. The Kier molecular flexibility index (Phi) is 8.83. The zero-order valence-corrected chi connectivity index (χ0v) is 18.1. The number of primary sulfonamides is 1. The predicted octanol–water partition coefficient (Wildman–Crippen LogP) is 2.44. The number of halogens is 1. The molecule has 0 unspecified atom stereocenters. The van der Waals surface area contributed by atoms with Gasteiger partial charge >= 0.3 is 0 Å². The molecular formula is C16H23IN4O2S2. The highest BCUT2D eigenvalue weighted by molar-refractivity contribution is 14.0. The van der Waals surface area contributed by atoms with Crippen LogP contribution < -0.4 is 15.8 Å². The Hall–Kier alpha value is -1.17. The third-order valence-corrected chi connectivity index (χ3v) is 6.04.